The quantitative estimate of drug-likeness (QED) is 0.184. The normalized spacial score (nSPS) is 18.9. The number of unbranched alkanes of at least 4 members (excludes halogenated alkanes) is 2. The lowest BCUT2D eigenvalue weighted by Gasteiger charge is -2.27. The van der Waals surface area contributed by atoms with Gasteiger partial charge in [-0.2, -0.15) is 21.4 Å². The lowest BCUT2D eigenvalue weighted by atomic mass is 9.81. The van der Waals surface area contributed by atoms with Crippen molar-refractivity contribution in [1.82, 2.24) is 0 Å². The number of para-hydroxylation sites is 2. The summed E-state index contributed by atoms with van der Waals surface area (Å²) in [6, 6.07) is 16.5. The van der Waals surface area contributed by atoms with E-state index < -0.39 is 20.2 Å². The van der Waals surface area contributed by atoms with E-state index in [1.807, 2.05) is 24.3 Å². The predicted molar refractivity (Wildman–Crippen MR) is 165 cm³/mol. The van der Waals surface area contributed by atoms with Gasteiger partial charge in [0.1, 0.15) is 6.54 Å². The first kappa shape index (κ1) is 31.2. The molecule has 41 heavy (non-hydrogen) atoms. The van der Waals surface area contributed by atoms with E-state index in [9.17, 15) is 16.8 Å². The summed E-state index contributed by atoms with van der Waals surface area (Å²) in [5.41, 5.74) is 6.30. The van der Waals surface area contributed by atoms with E-state index in [0.29, 0.717) is 38.8 Å². The minimum absolute atomic E-state index is 0.251. The largest absolute Gasteiger partial charge is 0.344 e. The van der Waals surface area contributed by atoms with Crippen LogP contribution in [0.3, 0.4) is 0 Å². The molecule has 0 radical (unpaired) electrons. The van der Waals surface area contributed by atoms with Gasteiger partial charge in [-0.1, -0.05) is 56.3 Å². The Bertz CT molecular complexity index is 1600. The highest BCUT2D eigenvalue weighted by atomic mass is 32.2. The Morgan fingerprint density at radius 3 is 2.02 bits per heavy atom. The first-order valence-electron chi connectivity index (χ1n) is 14.0. The van der Waals surface area contributed by atoms with Crippen molar-refractivity contribution in [2.45, 2.75) is 64.2 Å². The second-order valence-corrected chi connectivity index (χ2v) is 15.0. The number of hydrogen-bond donors (Lipinski definition) is 2. The van der Waals surface area contributed by atoms with Gasteiger partial charge >= 0.3 is 0 Å². The Morgan fingerprint density at radius 1 is 0.780 bits per heavy atom. The van der Waals surface area contributed by atoms with E-state index in [1.54, 1.807) is 0 Å². The Hall–Kier alpha value is -2.79. The minimum atomic E-state index is -3.99. The second kappa shape index (κ2) is 11.8. The van der Waals surface area contributed by atoms with Crippen molar-refractivity contribution in [2.75, 3.05) is 29.5 Å². The highest BCUT2D eigenvalue weighted by molar-refractivity contribution is 7.86. The molecule has 2 heterocycles. The fraction of sp³-hybridized carbons (Fsp3) is 0.452. The molecule has 0 atom stereocenters. The molecule has 2 aliphatic heterocycles. The monoisotopic (exact) mass is 601 g/mol. The van der Waals surface area contributed by atoms with Crippen LogP contribution in [-0.2, 0) is 31.1 Å². The van der Waals surface area contributed by atoms with Crippen LogP contribution >= 0.6 is 0 Å². The van der Waals surface area contributed by atoms with Crippen molar-refractivity contribution in [3.05, 3.63) is 83.6 Å². The molecule has 2 aliphatic rings. The molecule has 2 N–H and O–H groups in total. The zero-order valence-electron chi connectivity index (χ0n) is 24.2. The molecule has 0 unspecified atom stereocenters. The number of anilines is 1. The molecule has 8 nitrogen and oxygen atoms in total. The van der Waals surface area contributed by atoms with Gasteiger partial charge < -0.3 is 4.90 Å². The fourth-order valence-corrected chi connectivity index (χ4v) is 7.24. The summed E-state index contributed by atoms with van der Waals surface area (Å²) in [6.07, 6.45) is 8.31. The van der Waals surface area contributed by atoms with Crippen LogP contribution in [-0.4, -0.2) is 60.8 Å². The van der Waals surface area contributed by atoms with Crippen LogP contribution in [0.25, 0.3) is 0 Å². The number of rotatable bonds is 12. The molecular weight excluding hydrogens is 560 g/mol. The van der Waals surface area contributed by atoms with Crippen molar-refractivity contribution in [3.8, 4) is 0 Å². The first-order valence-corrected chi connectivity index (χ1v) is 17.3. The molecule has 0 spiro atoms. The van der Waals surface area contributed by atoms with E-state index in [0.717, 1.165) is 22.8 Å². The molecule has 0 saturated carbocycles. The molecule has 222 valence electrons. The molecular formula is C31H41N2O6S2+. The third-order valence-electron chi connectivity index (χ3n) is 8.17. The maximum Gasteiger partial charge on any atom is 0.264 e. The van der Waals surface area contributed by atoms with Crippen molar-refractivity contribution in [1.29, 1.82) is 0 Å². The molecule has 0 amide bonds. The summed E-state index contributed by atoms with van der Waals surface area (Å²) in [5, 5.41) is 0. The zero-order chi connectivity index (χ0) is 30.1. The van der Waals surface area contributed by atoms with Crippen molar-refractivity contribution < 1.29 is 30.5 Å². The average Bonchev–Trinajstić information content (AvgIpc) is 3.23. The van der Waals surface area contributed by atoms with E-state index in [2.05, 4.69) is 79.7 Å². The third kappa shape index (κ3) is 6.99. The molecule has 0 aliphatic carbocycles. The number of allylic oxidation sites excluding steroid dienone is 4. The lowest BCUT2D eigenvalue weighted by Crippen LogP contribution is -2.28. The Balaban J connectivity index is 1.65. The Morgan fingerprint density at radius 2 is 1.37 bits per heavy atom. The van der Waals surface area contributed by atoms with Gasteiger partial charge in [-0.25, -0.2) is 0 Å². The van der Waals surface area contributed by atoms with Gasteiger partial charge in [0.25, 0.3) is 20.2 Å². The lowest BCUT2D eigenvalue weighted by molar-refractivity contribution is -0.438. The summed E-state index contributed by atoms with van der Waals surface area (Å²) < 4.78 is 65.4. The second-order valence-electron chi connectivity index (χ2n) is 11.9. The third-order valence-corrected chi connectivity index (χ3v) is 9.78. The SMILES string of the molecule is CC1(C)C(/C=C/C=C2\N(CCCCS(=O)(=O)O)c3ccccc3C2(C)C)=[N+](CCCCS(=O)(=O)O)c2ccccc21. The van der Waals surface area contributed by atoms with Crippen LogP contribution in [0.2, 0.25) is 0 Å². The van der Waals surface area contributed by atoms with E-state index >= 15 is 0 Å². The fourth-order valence-electron chi connectivity index (χ4n) is 6.10. The Kier molecular flexibility index (Phi) is 8.99. The summed E-state index contributed by atoms with van der Waals surface area (Å²) in [4.78, 5) is 2.25. The molecule has 0 fully saturated rings. The van der Waals surface area contributed by atoms with E-state index in [-0.39, 0.29) is 22.3 Å². The van der Waals surface area contributed by atoms with Crippen molar-refractivity contribution >= 4 is 37.3 Å². The van der Waals surface area contributed by atoms with Crippen molar-refractivity contribution in [3.63, 3.8) is 0 Å². The smallest absolute Gasteiger partial charge is 0.264 e. The standard InChI is InChI=1S/C31H40N2O6S2/c1-30(2)24-14-5-7-16-26(24)32(20-9-11-22-40(34,35)36)28(30)18-13-19-29-31(3,4)25-15-6-8-17-27(25)33(29)21-10-12-23-41(37,38)39/h5-8,13-19H,9-12,20-23H2,1-4H3,(H-,34,35,36,37,38,39)/p+1. The van der Waals surface area contributed by atoms with Crippen molar-refractivity contribution in [2.24, 2.45) is 0 Å². The zero-order valence-corrected chi connectivity index (χ0v) is 25.9. The van der Waals surface area contributed by atoms with Crippen LogP contribution < -0.4 is 4.90 Å². The molecule has 4 rings (SSSR count). The van der Waals surface area contributed by atoms with Crippen LogP contribution in [0.1, 0.15) is 64.5 Å². The summed E-state index contributed by atoms with van der Waals surface area (Å²) >= 11 is 0. The van der Waals surface area contributed by atoms with E-state index in [4.69, 9.17) is 9.11 Å². The van der Waals surface area contributed by atoms with Gasteiger partial charge in [0.2, 0.25) is 5.69 Å². The topological polar surface area (TPSA) is 115 Å². The number of hydrogen-bond acceptors (Lipinski definition) is 5. The molecule has 0 bridgehead atoms. The van der Waals surface area contributed by atoms with Gasteiger partial charge in [0.05, 0.1) is 16.9 Å². The maximum absolute atomic E-state index is 11.2. The van der Waals surface area contributed by atoms with Gasteiger partial charge in [0.15, 0.2) is 5.71 Å². The van der Waals surface area contributed by atoms with Gasteiger partial charge in [0, 0.05) is 47.5 Å². The molecule has 2 aromatic carbocycles. The highest BCUT2D eigenvalue weighted by Crippen LogP contribution is 2.47. The summed E-state index contributed by atoms with van der Waals surface area (Å²) in [6.45, 7) is 10.0. The van der Waals surface area contributed by atoms with Crippen LogP contribution in [0.4, 0.5) is 11.4 Å². The number of nitrogens with zero attached hydrogens (tertiary/aromatic N) is 2. The van der Waals surface area contributed by atoms with Crippen LogP contribution in [0.15, 0.2) is 72.5 Å². The van der Waals surface area contributed by atoms with Gasteiger partial charge in [-0.15, -0.1) is 0 Å². The number of fused-ring (bicyclic) bond motifs is 2. The maximum atomic E-state index is 11.2. The Labute approximate surface area is 244 Å². The minimum Gasteiger partial charge on any atom is -0.344 e. The first-order chi connectivity index (χ1) is 19.1. The van der Waals surface area contributed by atoms with Crippen LogP contribution in [0, 0.1) is 0 Å². The molecule has 0 saturated heterocycles. The summed E-state index contributed by atoms with van der Waals surface area (Å²) in [7, 11) is -7.98. The van der Waals surface area contributed by atoms with E-state index in [1.165, 1.54) is 11.1 Å². The van der Waals surface area contributed by atoms with Gasteiger partial charge in [-0.05, 0) is 50.8 Å². The predicted octanol–water partition coefficient (Wildman–Crippen LogP) is 5.64. The van der Waals surface area contributed by atoms with Gasteiger partial charge in [-0.3, -0.25) is 9.11 Å². The molecule has 2 aromatic rings. The highest BCUT2D eigenvalue weighted by Gasteiger charge is 2.44. The average molecular weight is 602 g/mol. The molecule has 0 aromatic heterocycles. The molecule has 10 heteroatoms. The van der Waals surface area contributed by atoms with Crippen LogP contribution in [0.5, 0.6) is 0 Å². The summed E-state index contributed by atoms with van der Waals surface area (Å²) in [5.74, 6) is -0.502. The number of benzene rings is 2.